The number of esters is 1. The summed E-state index contributed by atoms with van der Waals surface area (Å²) in [5.41, 5.74) is 0.764. The third-order valence-corrected chi connectivity index (χ3v) is 2.67. The largest absolute Gasteiger partial charge is 0.508 e. The van der Waals surface area contributed by atoms with Crippen LogP contribution in [0.5, 0.6) is 5.75 Å². The molecule has 21 heavy (non-hydrogen) atoms. The summed E-state index contributed by atoms with van der Waals surface area (Å²) < 4.78 is 14.2. The van der Waals surface area contributed by atoms with Crippen molar-refractivity contribution in [2.45, 2.75) is 12.5 Å². The van der Waals surface area contributed by atoms with Crippen LogP contribution in [0.3, 0.4) is 0 Å². The zero-order valence-corrected chi connectivity index (χ0v) is 12.0. The maximum atomic E-state index is 11.7. The van der Waals surface area contributed by atoms with Gasteiger partial charge < -0.3 is 24.6 Å². The van der Waals surface area contributed by atoms with Gasteiger partial charge in [0.15, 0.2) is 0 Å². The molecule has 0 spiro atoms. The van der Waals surface area contributed by atoms with Gasteiger partial charge in [-0.3, -0.25) is 0 Å². The third-order valence-electron chi connectivity index (χ3n) is 2.67. The van der Waals surface area contributed by atoms with Gasteiger partial charge in [0.1, 0.15) is 18.4 Å². The number of phenols is 1. The lowest BCUT2D eigenvalue weighted by atomic mass is 10.1. The molecule has 0 aromatic heterocycles. The first kappa shape index (κ1) is 16.8. The molecule has 1 unspecified atom stereocenters. The highest BCUT2D eigenvalue weighted by atomic mass is 16.6. The summed E-state index contributed by atoms with van der Waals surface area (Å²) in [6.07, 6.45) is -0.493. The van der Waals surface area contributed by atoms with Crippen LogP contribution in [0.2, 0.25) is 0 Å². The van der Waals surface area contributed by atoms with Crippen molar-refractivity contribution < 1.29 is 28.9 Å². The first-order valence-electron chi connectivity index (χ1n) is 6.34. The number of carbonyl (C=O) groups is 2. The first-order valence-corrected chi connectivity index (χ1v) is 6.34. The molecule has 7 nitrogen and oxygen atoms in total. The van der Waals surface area contributed by atoms with Crippen LogP contribution in [0.4, 0.5) is 4.79 Å². The van der Waals surface area contributed by atoms with Gasteiger partial charge in [0.2, 0.25) is 0 Å². The average molecular weight is 297 g/mol. The van der Waals surface area contributed by atoms with Crippen LogP contribution in [0, 0.1) is 0 Å². The molecule has 116 valence electrons. The van der Waals surface area contributed by atoms with Crippen molar-refractivity contribution in [3.8, 4) is 5.75 Å². The van der Waals surface area contributed by atoms with Gasteiger partial charge in [0, 0.05) is 13.5 Å². The lowest BCUT2D eigenvalue weighted by Gasteiger charge is -2.16. The van der Waals surface area contributed by atoms with Crippen molar-refractivity contribution in [2.24, 2.45) is 0 Å². The van der Waals surface area contributed by atoms with Crippen LogP contribution in [0.1, 0.15) is 5.56 Å². The fourth-order valence-electron chi connectivity index (χ4n) is 1.60. The van der Waals surface area contributed by atoms with Gasteiger partial charge in [-0.15, -0.1) is 0 Å². The van der Waals surface area contributed by atoms with Gasteiger partial charge in [0.05, 0.1) is 13.7 Å². The molecule has 0 aliphatic heterocycles. The molecule has 1 atom stereocenters. The van der Waals surface area contributed by atoms with E-state index in [2.05, 4.69) is 10.1 Å². The number of aromatic hydroxyl groups is 1. The standard InChI is InChI=1S/C14H19NO6/c1-19-7-8-21-14(18)15-12(13(17)20-2)9-10-3-5-11(16)6-4-10/h3-6,12,16H,7-9H2,1-2H3,(H,15,18). The fourth-order valence-corrected chi connectivity index (χ4v) is 1.60. The minimum Gasteiger partial charge on any atom is -0.508 e. The van der Waals surface area contributed by atoms with E-state index in [1.165, 1.54) is 26.4 Å². The molecular formula is C14H19NO6. The van der Waals surface area contributed by atoms with Gasteiger partial charge in [0.25, 0.3) is 0 Å². The van der Waals surface area contributed by atoms with Crippen LogP contribution in [-0.2, 0) is 25.4 Å². The summed E-state index contributed by atoms with van der Waals surface area (Å²) in [4.78, 5) is 23.2. The zero-order chi connectivity index (χ0) is 15.7. The lowest BCUT2D eigenvalue weighted by Crippen LogP contribution is -2.43. The van der Waals surface area contributed by atoms with Crippen molar-refractivity contribution in [2.75, 3.05) is 27.4 Å². The Balaban J connectivity index is 2.61. The molecule has 2 N–H and O–H groups in total. The van der Waals surface area contributed by atoms with Crippen molar-refractivity contribution in [3.63, 3.8) is 0 Å². The molecule has 0 bridgehead atoms. The predicted molar refractivity (Wildman–Crippen MR) is 74.0 cm³/mol. The Morgan fingerprint density at radius 2 is 1.86 bits per heavy atom. The summed E-state index contributed by atoms with van der Waals surface area (Å²) in [6, 6.07) is 5.45. The topological polar surface area (TPSA) is 94.1 Å². The Kier molecular flexibility index (Phi) is 7.03. The molecule has 1 aromatic carbocycles. The number of rotatable bonds is 7. The summed E-state index contributed by atoms with van der Waals surface area (Å²) in [6.45, 7) is 0.365. The van der Waals surface area contributed by atoms with Crippen LogP contribution < -0.4 is 5.32 Å². The minimum atomic E-state index is -0.866. The third kappa shape index (κ3) is 6.13. The summed E-state index contributed by atoms with van der Waals surface area (Å²) >= 11 is 0. The van der Waals surface area contributed by atoms with Crippen LogP contribution >= 0.6 is 0 Å². The number of hydrogen-bond donors (Lipinski definition) is 2. The minimum absolute atomic E-state index is 0.0927. The van der Waals surface area contributed by atoms with E-state index >= 15 is 0 Å². The van der Waals surface area contributed by atoms with E-state index < -0.39 is 18.1 Å². The van der Waals surface area contributed by atoms with E-state index in [1.807, 2.05) is 0 Å². The number of nitrogens with one attached hydrogen (secondary N) is 1. The highest BCUT2D eigenvalue weighted by molar-refractivity contribution is 5.81. The number of ether oxygens (including phenoxy) is 3. The number of alkyl carbamates (subject to hydrolysis) is 1. The maximum absolute atomic E-state index is 11.7. The average Bonchev–Trinajstić information content (AvgIpc) is 2.48. The number of hydrogen-bond acceptors (Lipinski definition) is 6. The van der Waals surface area contributed by atoms with Crippen LogP contribution in [0.15, 0.2) is 24.3 Å². The Morgan fingerprint density at radius 1 is 1.19 bits per heavy atom. The van der Waals surface area contributed by atoms with Gasteiger partial charge in [-0.1, -0.05) is 12.1 Å². The van der Waals surface area contributed by atoms with E-state index in [0.29, 0.717) is 0 Å². The molecule has 0 saturated heterocycles. The molecule has 0 aliphatic rings. The van der Waals surface area contributed by atoms with E-state index in [9.17, 15) is 14.7 Å². The monoisotopic (exact) mass is 297 g/mol. The van der Waals surface area contributed by atoms with Crippen molar-refractivity contribution in [1.82, 2.24) is 5.32 Å². The Labute approximate surface area is 122 Å². The molecule has 1 amide bonds. The number of methoxy groups -OCH3 is 2. The molecule has 1 aromatic rings. The SMILES string of the molecule is COCCOC(=O)NC(Cc1ccc(O)cc1)C(=O)OC. The molecule has 0 saturated carbocycles. The Hall–Kier alpha value is -2.28. The summed E-state index contributed by atoms with van der Waals surface area (Å²) in [5, 5.41) is 11.7. The number of benzene rings is 1. The quantitative estimate of drug-likeness (QED) is 0.572. The Bertz CT molecular complexity index is 459. The molecule has 0 fully saturated rings. The van der Waals surface area contributed by atoms with Crippen LogP contribution in [0.25, 0.3) is 0 Å². The van der Waals surface area contributed by atoms with E-state index in [4.69, 9.17) is 9.47 Å². The van der Waals surface area contributed by atoms with Crippen molar-refractivity contribution >= 4 is 12.1 Å². The van der Waals surface area contributed by atoms with E-state index in [0.717, 1.165) is 5.56 Å². The van der Waals surface area contributed by atoms with E-state index in [1.54, 1.807) is 12.1 Å². The molecule has 0 radical (unpaired) electrons. The number of carbonyl (C=O) groups excluding carboxylic acids is 2. The molecule has 0 aliphatic carbocycles. The van der Waals surface area contributed by atoms with Gasteiger partial charge in [-0.2, -0.15) is 0 Å². The second-order valence-electron chi connectivity index (χ2n) is 4.22. The second kappa shape index (κ2) is 8.80. The highest BCUT2D eigenvalue weighted by Gasteiger charge is 2.22. The van der Waals surface area contributed by atoms with Gasteiger partial charge >= 0.3 is 12.1 Å². The highest BCUT2D eigenvalue weighted by Crippen LogP contribution is 2.11. The number of phenolic OH excluding ortho intramolecular Hbond substituents is 1. The van der Waals surface area contributed by atoms with Crippen LogP contribution in [-0.4, -0.2) is 50.6 Å². The smallest absolute Gasteiger partial charge is 0.407 e. The predicted octanol–water partition coefficient (Wildman–Crippen LogP) is 0.849. The Morgan fingerprint density at radius 3 is 2.43 bits per heavy atom. The molecular weight excluding hydrogens is 278 g/mol. The maximum Gasteiger partial charge on any atom is 0.407 e. The van der Waals surface area contributed by atoms with Crippen molar-refractivity contribution in [1.29, 1.82) is 0 Å². The lowest BCUT2D eigenvalue weighted by molar-refractivity contribution is -0.143. The molecule has 0 heterocycles. The van der Waals surface area contributed by atoms with Crippen molar-refractivity contribution in [3.05, 3.63) is 29.8 Å². The normalized spacial score (nSPS) is 11.5. The second-order valence-corrected chi connectivity index (χ2v) is 4.22. The fraction of sp³-hybridized carbons (Fsp3) is 0.429. The molecule has 7 heteroatoms. The summed E-state index contributed by atoms with van der Waals surface area (Å²) in [5.74, 6) is -0.452. The van der Waals surface area contributed by atoms with Gasteiger partial charge in [-0.25, -0.2) is 9.59 Å². The summed E-state index contributed by atoms with van der Waals surface area (Å²) in [7, 11) is 2.73. The number of amides is 1. The zero-order valence-electron chi connectivity index (χ0n) is 12.0. The van der Waals surface area contributed by atoms with E-state index in [-0.39, 0.29) is 25.4 Å². The molecule has 1 rings (SSSR count). The first-order chi connectivity index (χ1) is 10.1. The van der Waals surface area contributed by atoms with Gasteiger partial charge in [-0.05, 0) is 17.7 Å².